The van der Waals surface area contributed by atoms with Gasteiger partial charge >= 0.3 is 12.1 Å². The minimum atomic E-state index is -4.67. The SMILES string of the molecule is CCOc1cc(-c2cc(N(C)CC(C)(C)COC)c3[nH]c(-c4ccc(N5CCC(C(=O)O)CC5)cc4)nc3n2)cc(C(F)(F)F)n1. The second-order valence-electron chi connectivity index (χ2n) is 12.4. The van der Waals surface area contributed by atoms with Crippen LogP contribution < -0.4 is 14.5 Å². The maximum Gasteiger partial charge on any atom is 0.433 e. The Kier molecular flexibility index (Phi) is 9.43. The molecule has 5 rings (SSSR count). The van der Waals surface area contributed by atoms with Gasteiger partial charge in [0, 0.05) is 62.1 Å². The number of halogens is 3. The molecule has 0 bridgehead atoms. The smallest absolute Gasteiger partial charge is 0.433 e. The number of carboxylic acids is 1. The van der Waals surface area contributed by atoms with Gasteiger partial charge in [-0.15, -0.1) is 0 Å². The summed E-state index contributed by atoms with van der Waals surface area (Å²) in [6.45, 7) is 8.40. The zero-order valence-electron chi connectivity index (χ0n) is 26.6. The largest absolute Gasteiger partial charge is 0.481 e. The Labute approximate surface area is 265 Å². The van der Waals surface area contributed by atoms with E-state index in [-0.39, 0.29) is 29.4 Å². The van der Waals surface area contributed by atoms with E-state index in [0.717, 1.165) is 17.3 Å². The molecule has 0 radical (unpaired) electrons. The molecule has 46 heavy (non-hydrogen) atoms. The number of aromatic amines is 1. The number of hydrogen-bond acceptors (Lipinski definition) is 8. The number of aromatic nitrogens is 4. The van der Waals surface area contributed by atoms with Crippen LogP contribution in [0.5, 0.6) is 5.88 Å². The molecule has 4 heterocycles. The van der Waals surface area contributed by atoms with E-state index in [4.69, 9.17) is 19.4 Å². The molecule has 1 aliphatic heterocycles. The number of fused-ring (bicyclic) bond motifs is 1. The molecule has 0 saturated carbocycles. The van der Waals surface area contributed by atoms with E-state index in [0.29, 0.717) is 67.5 Å². The molecular formula is C33H39F3N6O4. The van der Waals surface area contributed by atoms with Crippen LogP contribution in [0.2, 0.25) is 0 Å². The Hall–Kier alpha value is -4.39. The van der Waals surface area contributed by atoms with Gasteiger partial charge in [-0.3, -0.25) is 4.79 Å². The Balaban J connectivity index is 1.55. The number of nitrogens with one attached hydrogen (secondary N) is 1. The zero-order chi connectivity index (χ0) is 33.2. The Morgan fingerprint density at radius 2 is 1.76 bits per heavy atom. The number of piperidine rings is 1. The normalized spacial score (nSPS) is 14.6. The predicted molar refractivity (Wildman–Crippen MR) is 170 cm³/mol. The summed E-state index contributed by atoms with van der Waals surface area (Å²) in [5.74, 6) is -0.639. The van der Waals surface area contributed by atoms with Gasteiger partial charge in [-0.05, 0) is 56.2 Å². The second kappa shape index (κ2) is 13.1. The summed E-state index contributed by atoms with van der Waals surface area (Å²) in [5.41, 5.74) is 2.70. The first-order chi connectivity index (χ1) is 21.8. The number of imidazole rings is 1. The zero-order valence-corrected chi connectivity index (χ0v) is 26.6. The number of pyridine rings is 2. The molecule has 0 aliphatic carbocycles. The first-order valence-corrected chi connectivity index (χ1v) is 15.2. The molecule has 4 aromatic rings. The van der Waals surface area contributed by atoms with Gasteiger partial charge in [-0.2, -0.15) is 13.2 Å². The highest BCUT2D eigenvalue weighted by Crippen LogP contribution is 2.37. The molecule has 0 amide bonds. The molecule has 246 valence electrons. The molecule has 2 N–H and O–H groups in total. The molecule has 3 aromatic heterocycles. The minimum absolute atomic E-state index is 0.139. The predicted octanol–water partition coefficient (Wildman–Crippen LogP) is 6.51. The van der Waals surface area contributed by atoms with Crippen molar-refractivity contribution in [2.24, 2.45) is 11.3 Å². The number of carbonyl (C=O) groups is 1. The third kappa shape index (κ3) is 7.35. The molecule has 0 spiro atoms. The fourth-order valence-electron chi connectivity index (χ4n) is 5.96. The van der Waals surface area contributed by atoms with Crippen LogP contribution in [0, 0.1) is 11.3 Å². The van der Waals surface area contributed by atoms with Gasteiger partial charge < -0.3 is 29.4 Å². The van der Waals surface area contributed by atoms with Gasteiger partial charge in [0.15, 0.2) is 5.65 Å². The van der Waals surface area contributed by atoms with E-state index in [2.05, 4.69) is 28.7 Å². The first-order valence-electron chi connectivity index (χ1n) is 15.2. The summed E-state index contributed by atoms with van der Waals surface area (Å²) in [4.78, 5) is 32.1. The summed E-state index contributed by atoms with van der Waals surface area (Å²) >= 11 is 0. The number of methoxy groups -OCH3 is 1. The monoisotopic (exact) mass is 640 g/mol. The number of ether oxygens (including phenoxy) is 2. The number of nitrogens with zero attached hydrogens (tertiary/aromatic N) is 5. The highest BCUT2D eigenvalue weighted by molar-refractivity contribution is 5.91. The van der Waals surface area contributed by atoms with Crippen LogP contribution in [0.3, 0.4) is 0 Å². The van der Waals surface area contributed by atoms with Crippen molar-refractivity contribution >= 4 is 28.5 Å². The summed E-state index contributed by atoms with van der Waals surface area (Å²) in [6.07, 6.45) is -3.48. The van der Waals surface area contributed by atoms with Crippen LogP contribution in [-0.4, -0.2) is 78.0 Å². The molecule has 1 aliphatic rings. The van der Waals surface area contributed by atoms with Crippen molar-refractivity contribution in [2.45, 2.75) is 39.8 Å². The lowest BCUT2D eigenvalue weighted by molar-refractivity contribution is -0.142. The number of anilines is 2. The highest BCUT2D eigenvalue weighted by Gasteiger charge is 2.34. The van der Waals surface area contributed by atoms with Gasteiger partial charge in [-0.1, -0.05) is 13.8 Å². The number of aliphatic carboxylic acids is 1. The van der Waals surface area contributed by atoms with Gasteiger partial charge in [-0.25, -0.2) is 15.0 Å². The number of rotatable bonds is 11. The van der Waals surface area contributed by atoms with Crippen LogP contribution in [0.15, 0.2) is 42.5 Å². The molecule has 1 saturated heterocycles. The van der Waals surface area contributed by atoms with E-state index in [9.17, 15) is 23.1 Å². The quantitative estimate of drug-likeness (QED) is 0.189. The fraction of sp³-hybridized carbons (Fsp3) is 0.455. The van der Waals surface area contributed by atoms with Crippen molar-refractivity contribution in [3.05, 3.63) is 48.2 Å². The topological polar surface area (TPSA) is 117 Å². The lowest BCUT2D eigenvalue weighted by Crippen LogP contribution is -2.36. The van der Waals surface area contributed by atoms with Gasteiger partial charge in [0.2, 0.25) is 5.88 Å². The maximum absolute atomic E-state index is 13.8. The van der Waals surface area contributed by atoms with E-state index >= 15 is 0 Å². The lowest BCUT2D eigenvalue weighted by atomic mass is 9.94. The van der Waals surface area contributed by atoms with E-state index < -0.39 is 17.8 Å². The van der Waals surface area contributed by atoms with Crippen LogP contribution in [0.4, 0.5) is 24.5 Å². The summed E-state index contributed by atoms with van der Waals surface area (Å²) in [7, 11) is 3.56. The van der Waals surface area contributed by atoms with Crippen LogP contribution in [0.1, 0.15) is 39.3 Å². The maximum atomic E-state index is 13.8. The summed E-state index contributed by atoms with van der Waals surface area (Å²) in [6, 6.07) is 12.0. The van der Waals surface area contributed by atoms with Crippen molar-refractivity contribution in [1.82, 2.24) is 19.9 Å². The second-order valence-corrected chi connectivity index (χ2v) is 12.4. The molecule has 0 atom stereocenters. The molecule has 10 nitrogen and oxygen atoms in total. The number of H-pyrrole nitrogens is 1. The Morgan fingerprint density at radius 3 is 2.37 bits per heavy atom. The lowest BCUT2D eigenvalue weighted by Gasteiger charge is -2.32. The van der Waals surface area contributed by atoms with E-state index in [1.54, 1.807) is 20.1 Å². The first kappa shape index (κ1) is 33.0. The third-order valence-electron chi connectivity index (χ3n) is 8.08. The van der Waals surface area contributed by atoms with Crippen LogP contribution in [0.25, 0.3) is 33.8 Å². The van der Waals surface area contributed by atoms with E-state index in [1.807, 2.05) is 36.2 Å². The van der Waals surface area contributed by atoms with Gasteiger partial charge in [0.25, 0.3) is 0 Å². The molecule has 13 heteroatoms. The number of carboxylic acid groups (broad SMARTS) is 1. The number of alkyl halides is 3. The van der Waals surface area contributed by atoms with Crippen molar-refractivity contribution in [3.8, 4) is 28.5 Å². The fourth-order valence-corrected chi connectivity index (χ4v) is 5.96. The van der Waals surface area contributed by atoms with Crippen molar-refractivity contribution < 1.29 is 32.5 Å². The molecule has 1 fully saturated rings. The van der Waals surface area contributed by atoms with Gasteiger partial charge in [0.05, 0.1) is 30.5 Å². The van der Waals surface area contributed by atoms with Crippen molar-refractivity contribution in [2.75, 3.05) is 56.8 Å². The highest BCUT2D eigenvalue weighted by atomic mass is 19.4. The van der Waals surface area contributed by atoms with Crippen LogP contribution in [-0.2, 0) is 15.7 Å². The van der Waals surface area contributed by atoms with Gasteiger partial charge in [0.1, 0.15) is 17.0 Å². The number of benzene rings is 1. The summed E-state index contributed by atoms with van der Waals surface area (Å²) < 4.78 is 52.2. The molecular weight excluding hydrogens is 601 g/mol. The third-order valence-corrected chi connectivity index (χ3v) is 8.08. The average molecular weight is 641 g/mol. The van der Waals surface area contributed by atoms with Crippen molar-refractivity contribution in [1.29, 1.82) is 0 Å². The molecule has 0 unspecified atom stereocenters. The minimum Gasteiger partial charge on any atom is -0.481 e. The van der Waals surface area contributed by atoms with Crippen LogP contribution >= 0.6 is 0 Å². The standard InChI is InChI=1S/C33H39F3N6O4/c1-6-46-27-16-22(15-26(38-27)33(34,35)36)24-17-25(41(4)18-32(2,3)19-45-5)28-30(37-24)40-29(39-28)20-7-9-23(10-8-20)42-13-11-21(12-14-42)31(43)44/h7-10,15-17,21H,6,11-14,18-19H2,1-5H3,(H,43,44)(H,37,39,40). The van der Waals surface area contributed by atoms with Crippen molar-refractivity contribution in [3.63, 3.8) is 0 Å². The Bertz CT molecular complexity index is 1680. The Morgan fingerprint density at radius 1 is 1.07 bits per heavy atom. The molecule has 1 aromatic carbocycles. The average Bonchev–Trinajstić information content (AvgIpc) is 3.44. The van der Waals surface area contributed by atoms with E-state index in [1.165, 1.54) is 6.07 Å². The summed E-state index contributed by atoms with van der Waals surface area (Å²) in [5, 5.41) is 9.31. The number of hydrogen-bond donors (Lipinski definition) is 2.